The minimum Gasteiger partial charge on any atom is -0.373 e. The zero-order valence-electron chi connectivity index (χ0n) is 18.6. The average Bonchev–Trinajstić information content (AvgIpc) is 2.56. The van der Waals surface area contributed by atoms with Crippen molar-refractivity contribution in [2.24, 2.45) is 0 Å². The molecule has 3 N–H and O–H groups in total. The summed E-state index contributed by atoms with van der Waals surface area (Å²) in [5.41, 5.74) is 0. The van der Waals surface area contributed by atoms with Gasteiger partial charge in [0.25, 0.3) is 0 Å². The van der Waals surface area contributed by atoms with Gasteiger partial charge in [0.05, 0.1) is 21.1 Å². The van der Waals surface area contributed by atoms with Gasteiger partial charge in [-0.15, -0.1) is 0 Å². The first-order valence-corrected chi connectivity index (χ1v) is 12.5. The Kier molecular flexibility index (Phi) is 14.3. The molecule has 0 saturated carbocycles. The van der Waals surface area contributed by atoms with E-state index in [1.165, 1.54) is 51.4 Å². The van der Waals surface area contributed by atoms with E-state index in [0.29, 0.717) is 10.9 Å². The predicted octanol–water partition coefficient (Wildman–Crippen LogP) is 5.37. The van der Waals surface area contributed by atoms with Crippen molar-refractivity contribution in [2.75, 3.05) is 27.7 Å². The quantitative estimate of drug-likeness (QED) is 0.128. The molecular weight excluding hydrogens is 373 g/mol. The van der Waals surface area contributed by atoms with Gasteiger partial charge in [0, 0.05) is 0 Å². The summed E-state index contributed by atoms with van der Waals surface area (Å²) in [5, 5.41) is 8.54. The first-order valence-electron chi connectivity index (χ1n) is 10.9. The van der Waals surface area contributed by atoms with Crippen LogP contribution in [0.5, 0.6) is 0 Å². The van der Waals surface area contributed by atoms with Gasteiger partial charge < -0.3 is 19.4 Å². The van der Waals surface area contributed by atoms with Crippen molar-refractivity contribution >= 4 is 7.60 Å². The van der Waals surface area contributed by atoms with E-state index in [1.54, 1.807) is 0 Å². The second-order valence-corrected chi connectivity index (χ2v) is 10.9. The van der Waals surface area contributed by atoms with Crippen LogP contribution in [-0.4, -0.2) is 52.4 Å². The van der Waals surface area contributed by atoms with Gasteiger partial charge in [-0.05, 0) is 51.4 Å². The molecule has 28 heavy (non-hydrogen) atoms. The van der Waals surface area contributed by atoms with Crippen molar-refractivity contribution in [1.82, 2.24) is 0 Å². The van der Waals surface area contributed by atoms with E-state index < -0.39 is 12.9 Å². The van der Waals surface area contributed by atoms with Gasteiger partial charge in [-0.2, -0.15) is 0 Å². The summed E-state index contributed by atoms with van der Waals surface area (Å²) in [5.74, 6) is 0. The lowest BCUT2D eigenvalue weighted by Crippen LogP contribution is -2.49. The molecule has 5 nitrogen and oxygen atoms in total. The third-order valence-electron chi connectivity index (χ3n) is 4.75. The van der Waals surface area contributed by atoms with Crippen molar-refractivity contribution in [1.29, 1.82) is 0 Å². The lowest BCUT2D eigenvalue weighted by atomic mass is 10.1. The van der Waals surface area contributed by atoms with Crippen molar-refractivity contribution in [3.05, 3.63) is 24.3 Å². The fourth-order valence-electron chi connectivity index (χ4n) is 3.27. The molecule has 0 heterocycles. The average molecular weight is 419 g/mol. The van der Waals surface area contributed by atoms with Crippen LogP contribution in [0.1, 0.15) is 84.0 Å². The van der Waals surface area contributed by atoms with Gasteiger partial charge in [-0.25, -0.2) is 0 Å². The second-order valence-electron chi connectivity index (χ2n) is 8.94. The highest BCUT2D eigenvalue weighted by molar-refractivity contribution is 7.53. The Bertz CT molecular complexity index is 493. The van der Waals surface area contributed by atoms with Crippen LogP contribution in [0.3, 0.4) is 0 Å². The maximum atomic E-state index is 11.7. The molecule has 0 aliphatic rings. The molecule has 0 aromatic heterocycles. The molecule has 1 unspecified atom stereocenters. The Morgan fingerprint density at radius 3 is 1.64 bits per heavy atom. The van der Waals surface area contributed by atoms with Gasteiger partial charge in [0.2, 0.25) is 5.34 Å². The number of allylic oxidation sites excluding steroid dienone is 4. The number of aliphatic hydroxyl groups is 1. The van der Waals surface area contributed by atoms with Gasteiger partial charge in [-0.1, -0.05) is 56.9 Å². The summed E-state index contributed by atoms with van der Waals surface area (Å²) < 4.78 is 12.0. The van der Waals surface area contributed by atoms with E-state index in [4.69, 9.17) is 0 Å². The molecule has 0 amide bonds. The number of nitrogens with zero attached hydrogens (tertiary/aromatic N) is 1. The van der Waals surface area contributed by atoms with Crippen molar-refractivity contribution < 1.29 is 23.9 Å². The van der Waals surface area contributed by atoms with E-state index in [2.05, 4.69) is 31.2 Å². The fourth-order valence-corrected chi connectivity index (χ4v) is 4.33. The third kappa shape index (κ3) is 14.5. The van der Waals surface area contributed by atoms with Gasteiger partial charge in [0.15, 0.2) is 0 Å². The molecule has 1 atom stereocenters. The van der Waals surface area contributed by atoms with Crippen molar-refractivity contribution in [2.45, 2.75) is 89.3 Å². The number of hydrogen-bond acceptors (Lipinski definition) is 2. The molecule has 0 bridgehead atoms. The first kappa shape index (κ1) is 27.5. The summed E-state index contributed by atoms with van der Waals surface area (Å²) in [4.78, 5) is 19.1. The Morgan fingerprint density at radius 2 is 1.21 bits per heavy atom. The van der Waals surface area contributed by atoms with Crippen molar-refractivity contribution in [3.8, 4) is 0 Å². The highest BCUT2D eigenvalue weighted by Gasteiger charge is 2.48. The van der Waals surface area contributed by atoms with E-state index in [0.717, 1.165) is 12.8 Å². The molecule has 0 aliphatic heterocycles. The maximum absolute atomic E-state index is 11.7. The van der Waals surface area contributed by atoms with Crippen LogP contribution in [0.2, 0.25) is 0 Å². The monoisotopic (exact) mass is 418 g/mol. The fraction of sp³-hybridized carbons (Fsp3) is 0.818. The molecule has 0 aromatic rings. The number of unbranched alkanes of at least 4 members (excludes halogenated alkanes) is 8. The largest absolute Gasteiger partial charge is 0.373 e. The number of rotatable bonds is 17. The number of hydrogen-bond donors (Lipinski definition) is 3. The Hall–Kier alpha value is -0.450. The normalized spacial score (nSPS) is 15.5. The van der Waals surface area contributed by atoms with E-state index in [-0.39, 0.29) is 13.0 Å². The minimum absolute atomic E-state index is 0.0371. The molecule has 166 valence electrons. The maximum Gasteiger partial charge on any atom is 0.362 e. The van der Waals surface area contributed by atoms with Crippen LogP contribution < -0.4 is 0 Å². The molecular formula is C22H45NO4P+. The lowest BCUT2D eigenvalue weighted by molar-refractivity contribution is -0.875. The van der Waals surface area contributed by atoms with Gasteiger partial charge in [0.1, 0.15) is 6.54 Å². The molecule has 0 aromatic carbocycles. The van der Waals surface area contributed by atoms with E-state index in [1.807, 2.05) is 21.1 Å². The minimum atomic E-state index is -4.56. The van der Waals surface area contributed by atoms with Gasteiger partial charge >= 0.3 is 7.60 Å². The number of likely N-dealkylation sites (N-methyl/N-ethyl adjacent to an activating group) is 1. The first-order chi connectivity index (χ1) is 13.0. The topological polar surface area (TPSA) is 77.8 Å². The van der Waals surface area contributed by atoms with Crippen LogP contribution in [0.4, 0.5) is 0 Å². The highest BCUT2D eigenvalue weighted by Crippen LogP contribution is 2.52. The highest BCUT2D eigenvalue weighted by atomic mass is 31.2. The molecule has 0 fully saturated rings. The third-order valence-corrected chi connectivity index (χ3v) is 6.20. The summed E-state index contributed by atoms with van der Waals surface area (Å²) in [6.07, 6.45) is 21.2. The van der Waals surface area contributed by atoms with Crippen LogP contribution in [0.25, 0.3) is 0 Å². The summed E-state index contributed by atoms with van der Waals surface area (Å²) in [7, 11) is 0.909. The Morgan fingerprint density at radius 1 is 0.786 bits per heavy atom. The molecule has 0 spiro atoms. The van der Waals surface area contributed by atoms with Crippen LogP contribution in [0, 0.1) is 0 Å². The Labute approximate surface area is 173 Å². The zero-order chi connectivity index (χ0) is 21.5. The Balaban J connectivity index is 3.85. The zero-order valence-corrected chi connectivity index (χ0v) is 19.5. The molecule has 0 rings (SSSR count). The second kappa shape index (κ2) is 14.5. The summed E-state index contributed by atoms with van der Waals surface area (Å²) >= 11 is 0. The van der Waals surface area contributed by atoms with Crippen LogP contribution >= 0.6 is 7.60 Å². The number of quaternary nitrogens is 1. The molecule has 0 saturated heterocycles. The lowest BCUT2D eigenvalue weighted by Gasteiger charge is -2.35. The van der Waals surface area contributed by atoms with Crippen LogP contribution in [-0.2, 0) is 4.57 Å². The van der Waals surface area contributed by atoms with E-state index >= 15 is 0 Å². The van der Waals surface area contributed by atoms with Crippen LogP contribution in [0.15, 0.2) is 24.3 Å². The molecule has 0 aliphatic carbocycles. The molecule has 0 radical (unpaired) electrons. The SMILES string of the molecule is CCC/C=C\CCCCCCC/C=C\CCCC(O)(C[N+](C)(C)C)P(=O)(O)O. The van der Waals surface area contributed by atoms with E-state index in [9.17, 15) is 19.5 Å². The summed E-state index contributed by atoms with van der Waals surface area (Å²) in [6.45, 7) is 2.24. The van der Waals surface area contributed by atoms with Gasteiger partial charge in [-0.3, -0.25) is 4.57 Å². The molecule has 6 heteroatoms. The van der Waals surface area contributed by atoms with Crippen molar-refractivity contribution in [3.63, 3.8) is 0 Å². The standard InChI is InChI=1S/C22H44NO4P/c1-5-6-7-8-9-10-11-12-13-14-15-16-17-18-19-20-22(24,28(25,26)27)21-23(2,3)4/h7-8,16-17,24H,5-6,9-15,18-21H2,1-4H3,(H-,25,26,27)/p+1/b8-7-,17-16-. The smallest absolute Gasteiger partial charge is 0.362 e. The predicted molar refractivity (Wildman–Crippen MR) is 119 cm³/mol. The summed E-state index contributed by atoms with van der Waals surface area (Å²) in [6, 6.07) is 0.